The average Bonchev–Trinajstić information content (AvgIpc) is 2.28. The van der Waals surface area contributed by atoms with Crippen LogP contribution in [-0.2, 0) is 4.79 Å². The molecule has 18 heavy (non-hydrogen) atoms. The van der Waals surface area contributed by atoms with Crippen molar-refractivity contribution in [3.8, 4) is 5.75 Å². The second-order valence-electron chi connectivity index (χ2n) is 3.74. The van der Waals surface area contributed by atoms with Gasteiger partial charge in [0.2, 0.25) is 0 Å². The standard InChI is InChI=1S/C11H12FNO5/c12-7-4-5(8(13)1-2-9(14)15)3-6(10(7)16)11(17)18/h3-4,8,16H,1-2,13H2,(H,14,15)(H,17,18). The Morgan fingerprint density at radius 1 is 1.33 bits per heavy atom. The van der Waals surface area contributed by atoms with Gasteiger partial charge >= 0.3 is 11.9 Å². The number of carboxylic acids is 2. The van der Waals surface area contributed by atoms with Crippen LogP contribution in [0.25, 0.3) is 0 Å². The highest BCUT2D eigenvalue weighted by molar-refractivity contribution is 5.91. The number of aromatic carboxylic acids is 1. The highest BCUT2D eigenvalue weighted by atomic mass is 19.1. The van der Waals surface area contributed by atoms with Gasteiger partial charge in [0.05, 0.1) is 0 Å². The van der Waals surface area contributed by atoms with Crippen LogP contribution in [0, 0.1) is 5.82 Å². The molecule has 0 saturated carbocycles. The first kappa shape index (κ1) is 13.9. The van der Waals surface area contributed by atoms with E-state index in [-0.39, 0.29) is 18.4 Å². The predicted molar refractivity (Wildman–Crippen MR) is 58.8 cm³/mol. The zero-order valence-corrected chi connectivity index (χ0v) is 9.26. The van der Waals surface area contributed by atoms with Crippen molar-refractivity contribution in [1.29, 1.82) is 0 Å². The fraction of sp³-hybridized carbons (Fsp3) is 0.273. The number of phenols is 1. The molecular weight excluding hydrogens is 245 g/mol. The first-order chi connectivity index (χ1) is 8.32. The summed E-state index contributed by atoms with van der Waals surface area (Å²) in [5.41, 5.74) is 5.15. The van der Waals surface area contributed by atoms with Gasteiger partial charge in [-0.2, -0.15) is 0 Å². The molecule has 0 heterocycles. The summed E-state index contributed by atoms with van der Waals surface area (Å²) in [6, 6.07) is 1.12. The van der Waals surface area contributed by atoms with Crippen molar-refractivity contribution < 1.29 is 29.3 Å². The number of carboxylic acid groups (broad SMARTS) is 2. The molecule has 0 aliphatic carbocycles. The Morgan fingerprint density at radius 3 is 2.44 bits per heavy atom. The molecule has 1 unspecified atom stereocenters. The number of nitrogens with two attached hydrogens (primary N) is 1. The van der Waals surface area contributed by atoms with Gasteiger partial charge in [0.1, 0.15) is 5.56 Å². The zero-order valence-electron chi connectivity index (χ0n) is 9.26. The van der Waals surface area contributed by atoms with Gasteiger partial charge in [0, 0.05) is 12.5 Å². The van der Waals surface area contributed by atoms with Gasteiger partial charge in [-0.1, -0.05) is 0 Å². The molecule has 7 heteroatoms. The molecule has 0 radical (unpaired) electrons. The summed E-state index contributed by atoms with van der Waals surface area (Å²) in [4.78, 5) is 21.1. The molecule has 0 saturated heterocycles. The quantitative estimate of drug-likeness (QED) is 0.626. The molecule has 0 aliphatic rings. The minimum atomic E-state index is -1.49. The van der Waals surface area contributed by atoms with Crippen LogP contribution in [0.3, 0.4) is 0 Å². The Bertz CT molecular complexity index is 489. The molecule has 98 valence electrons. The third kappa shape index (κ3) is 3.17. The number of aliphatic carboxylic acids is 1. The summed E-state index contributed by atoms with van der Waals surface area (Å²) in [7, 11) is 0. The maximum atomic E-state index is 13.3. The Labute approximate surface area is 101 Å². The Hall–Kier alpha value is -2.15. The molecule has 1 atom stereocenters. The zero-order chi connectivity index (χ0) is 13.9. The third-order valence-electron chi connectivity index (χ3n) is 2.41. The summed E-state index contributed by atoms with van der Waals surface area (Å²) in [6.45, 7) is 0. The third-order valence-corrected chi connectivity index (χ3v) is 2.41. The van der Waals surface area contributed by atoms with Crippen molar-refractivity contribution in [2.24, 2.45) is 5.73 Å². The minimum Gasteiger partial charge on any atom is -0.504 e. The van der Waals surface area contributed by atoms with Gasteiger partial charge in [-0.05, 0) is 24.1 Å². The predicted octanol–water partition coefficient (Wildman–Crippen LogP) is 1.09. The molecule has 1 aromatic rings. The Morgan fingerprint density at radius 2 is 1.94 bits per heavy atom. The van der Waals surface area contributed by atoms with Crippen LogP contribution in [0.1, 0.15) is 34.8 Å². The number of halogens is 1. The molecule has 1 rings (SSSR count). The van der Waals surface area contributed by atoms with Gasteiger partial charge in [0.25, 0.3) is 0 Å². The molecule has 0 aromatic heterocycles. The van der Waals surface area contributed by atoms with Crippen LogP contribution in [-0.4, -0.2) is 27.3 Å². The van der Waals surface area contributed by atoms with Crippen LogP contribution in [0.4, 0.5) is 4.39 Å². The highest BCUT2D eigenvalue weighted by Crippen LogP contribution is 2.27. The van der Waals surface area contributed by atoms with E-state index >= 15 is 0 Å². The molecular formula is C11H12FNO5. The van der Waals surface area contributed by atoms with E-state index in [9.17, 15) is 19.1 Å². The van der Waals surface area contributed by atoms with E-state index in [1.165, 1.54) is 0 Å². The molecule has 0 bridgehead atoms. The van der Waals surface area contributed by atoms with Crippen molar-refractivity contribution in [3.05, 3.63) is 29.1 Å². The van der Waals surface area contributed by atoms with Crippen molar-refractivity contribution >= 4 is 11.9 Å². The van der Waals surface area contributed by atoms with Crippen molar-refractivity contribution in [2.45, 2.75) is 18.9 Å². The Kier molecular flexibility index (Phi) is 4.22. The molecule has 0 aliphatic heterocycles. The average molecular weight is 257 g/mol. The molecule has 5 N–H and O–H groups in total. The van der Waals surface area contributed by atoms with E-state index in [0.29, 0.717) is 0 Å². The maximum Gasteiger partial charge on any atom is 0.339 e. The van der Waals surface area contributed by atoms with Crippen LogP contribution in [0.5, 0.6) is 5.75 Å². The smallest absolute Gasteiger partial charge is 0.339 e. The van der Waals surface area contributed by atoms with Crippen LogP contribution in [0.2, 0.25) is 0 Å². The lowest BCUT2D eigenvalue weighted by molar-refractivity contribution is -0.137. The lowest BCUT2D eigenvalue weighted by Crippen LogP contribution is -2.13. The largest absolute Gasteiger partial charge is 0.504 e. The first-order valence-electron chi connectivity index (χ1n) is 5.06. The Balaban J connectivity index is 3.03. The number of rotatable bonds is 5. The van der Waals surface area contributed by atoms with Gasteiger partial charge in [0.15, 0.2) is 11.6 Å². The second-order valence-corrected chi connectivity index (χ2v) is 3.74. The van der Waals surface area contributed by atoms with E-state index < -0.39 is 35.1 Å². The minimum absolute atomic E-state index is 0.0403. The molecule has 0 spiro atoms. The van der Waals surface area contributed by atoms with E-state index in [2.05, 4.69) is 0 Å². The number of hydrogen-bond donors (Lipinski definition) is 4. The van der Waals surface area contributed by atoms with Crippen LogP contribution < -0.4 is 5.73 Å². The van der Waals surface area contributed by atoms with Gasteiger partial charge in [-0.15, -0.1) is 0 Å². The fourth-order valence-electron chi connectivity index (χ4n) is 1.44. The van der Waals surface area contributed by atoms with Crippen molar-refractivity contribution in [2.75, 3.05) is 0 Å². The van der Waals surface area contributed by atoms with Crippen molar-refractivity contribution in [3.63, 3.8) is 0 Å². The summed E-state index contributed by atoms with van der Waals surface area (Å²) < 4.78 is 13.3. The van der Waals surface area contributed by atoms with E-state index in [0.717, 1.165) is 12.1 Å². The van der Waals surface area contributed by atoms with Gasteiger partial charge < -0.3 is 21.1 Å². The summed E-state index contributed by atoms with van der Waals surface area (Å²) in [5.74, 6) is -4.60. The van der Waals surface area contributed by atoms with E-state index in [1.807, 2.05) is 0 Å². The fourth-order valence-corrected chi connectivity index (χ4v) is 1.44. The highest BCUT2D eigenvalue weighted by Gasteiger charge is 2.18. The molecule has 1 aromatic carbocycles. The molecule has 6 nitrogen and oxygen atoms in total. The molecule has 0 fully saturated rings. The summed E-state index contributed by atoms with van der Waals surface area (Å²) in [6.07, 6.45) is -0.176. The second kappa shape index (κ2) is 5.46. The SMILES string of the molecule is NC(CCC(=O)O)c1cc(F)c(O)c(C(=O)O)c1. The van der Waals surface area contributed by atoms with E-state index in [4.69, 9.17) is 15.9 Å². The van der Waals surface area contributed by atoms with Crippen LogP contribution >= 0.6 is 0 Å². The normalized spacial score (nSPS) is 12.1. The first-order valence-corrected chi connectivity index (χ1v) is 5.06. The summed E-state index contributed by atoms with van der Waals surface area (Å²) in [5, 5.41) is 26.4. The number of carbonyl (C=O) groups is 2. The van der Waals surface area contributed by atoms with Gasteiger partial charge in [-0.3, -0.25) is 4.79 Å². The monoisotopic (exact) mass is 257 g/mol. The van der Waals surface area contributed by atoms with Crippen LogP contribution in [0.15, 0.2) is 12.1 Å². The molecule has 0 amide bonds. The van der Waals surface area contributed by atoms with Gasteiger partial charge in [-0.25, -0.2) is 9.18 Å². The lowest BCUT2D eigenvalue weighted by atomic mass is 10.00. The number of hydrogen-bond acceptors (Lipinski definition) is 4. The summed E-state index contributed by atoms with van der Waals surface area (Å²) >= 11 is 0. The van der Waals surface area contributed by atoms with Crippen molar-refractivity contribution in [1.82, 2.24) is 0 Å². The lowest BCUT2D eigenvalue weighted by Gasteiger charge is -2.12. The number of aromatic hydroxyl groups is 1. The maximum absolute atomic E-state index is 13.3. The topological polar surface area (TPSA) is 121 Å². The van der Waals surface area contributed by atoms with E-state index in [1.54, 1.807) is 0 Å². The number of benzene rings is 1.